The molecule has 1 atom stereocenters. The van der Waals surface area contributed by atoms with Gasteiger partial charge in [-0.05, 0) is 55.5 Å². The summed E-state index contributed by atoms with van der Waals surface area (Å²) in [5.74, 6) is 0.961. The highest BCUT2D eigenvalue weighted by molar-refractivity contribution is 9.10. The van der Waals surface area contributed by atoms with E-state index in [1.54, 1.807) is 30.0 Å². The lowest BCUT2D eigenvalue weighted by atomic mass is 10.00. The van der Waals surface area contributed by atoms with Gasteiger partial charge in [-0.1, -0.05) is 39.8 Å². The number of thioether (sulfide) groups is 1. The minimum Gasteiger partial charge on any atom is -0.481 e. The van der Waals surface area contributed by atoms with E-state index < -0.39 is 12.0 Å². The Morgan fingerprint density at radius 3 is 2.75 bits per heavy atom. The minimum atomic E-state index is -0.911. The van der Waals surface area contributed by atoms with Gasteiger partial charge in [0.25, 0.3) is 0 Å². The van der Waals surface area contributed by atoms with Crippen LogP contribution in [0.3, 0.4) is 0 Å². The molecule has 6 nitrogen and oxygen atoms in total. The van der Waals surface area contributed by atoms with Crippen LogP contribution >= 0.6 is 27.7 Å². The largest absolute Gasteiger partial charge is 0.481 e. The third-order valence-electron chi connectivity index (χ3n) is 5.60. The van der Waals surface area contributed by atoms with Crippen molar-refractivity contribution in [3.8, 4) is 5.69 Å². The van der Waals surface area contributed by atoms with Crippen LogP contribution in [-0.4, -0.2) is 37.3 Å². The summed E-state index contributed by atoms with van der Waals surface area (Å²) in [6.07, 6.45) is 2.64. The highest BCUT2D eigenvalue weighted by Gasteiger charge is 2.31. The fraction of sp³-hybridized carbons (Fsp3) is 0.304. The normalized spacial score (nSPS) is 17.3. The van der Waals surface area contributed by atoms with Crippen molar-refractivity contribution < 1.29 is 14.3 Å². The molecule has 0 radical (unpaired) electrons. The summed E-state index contributed by atoms with van der Waals surface area (Å²) in [5.41, 5.74) is 2.42. The van der Waals surface area contributed by atoms with Crippen molar-refractivity contribution in [2.75, 3.05) is 5.75 Å². The number of aliphatic imine (C=N–C) groups is 1. The molecule has 1 N–H and O–H groups in total. The van der Waals surface area contributed by atoms with Crippen LogP contribution in [0.15, 0.2) is 57.1 Å². The first-order valence-electron chi connectivity index (χ1n) is 10.4. The lowest BCUT2D eigenvalue weighted by molar-refractivity contribution is -0.137. The molecule has 1 aliphatic heterocycles. The molecule has 2 aromatic carbocycles. The molecule has 9 heteroatoms. The lowest BCUT2D eigenvalue weighted by Gasteiger charge is -2.14. The van der Waals surface area contributed by atoms with Crippen LogP contribution < -0.4 is 0 Å². The zero-order valence-corrected chi connectivity index (χ0v) is 19.4. The van der Waals surface area contributed by atoms with E-state index in [-0.39, 0.29) is 18.7 Å². The maximum Gasteiger partial charge on any atom is 0.303 e. The number of nitrogens with zero attached hydrogens (tertiary/aromatic N) is 4. The number of rotatable bonds is 7. The Bertz CT molecular complexity index is 1220. The molecule has 0 unspecified atom stereocenters. The predicted molar refractivity (Wildman–Crippen MR) is 124 cm³/mol. The topological polar surface area (TPSA) is 80.4 Å². The minimum absolute atomic E-state index is 0.0732. The molecule has 0 saturated heterocycles. The molecule has 1 aromatic heterocycles. The van der Waals surface area contributed by atoms with Gasteiger partial charge in [-0.2, -0.15) is 0 Å². The fourth-order valence-electron chi connectivity index (χ4n) is 3.79. The smallest absolute Gasteiger partial charge is 0.303 e. The first-order chi connectivity index (χ1) is 15.5. The summed E-state index contributed by atoms with van der Waals surface area (Å²) < 4.78 is 17.7. The van der Waals surface area contributed by atoms with E-state index in [2.05, 4.69) is 26.1 Å². The molecule has 2 heterocycles. The van der Waals surface area contributed by atoms with E-state index in [9.17, 15) is 14.3 Å². The van der Waals surface area contributed by atoms with Gasteiger partial charge < -0.3 is 5.11 Å². The Morgan fingerprint density at radius 1 is 1.19 bits per heavy atom. The van der Waals surface area contributed by atoms with Crippen molar-refractivity contribution in [1.29, 1.82) is 0 Å². The van der Waals surface area contributed by atoms with Gasteiger partial charge in [-0.25, -0.2) is 4.39 Å². The third-order valence-corrected chi connectivity index (χ3v) is 7.26. The van der Waals surface area contributed by atoms with Crippen molar-refractivity contribution >= 4 is 39.4 Å². The van der Waals surface area contributed by atoms with Gasteiger partial charge >= 0.3 is 5.97 Å². The molecule has 1 aliphatic carbocycles. The van der Waals surface area contributed by atoms with E-state index in [0.717, 1.165) is 26.6 Å². The van der Waals surface area contributed by atoms with E-state index in [1.165, 1.54) is 18.9 Å². The van der Waals surface area contributed by atoms with Crippen LogP contribution in [0.4, 0.5) is 4.39 Å². The molecule has 0 amide bonds. The van der Waals surface area contributed by atoms with Crippen molar-refractivity contribution in [2.45, 2.75) is 36.9 Å². The summed E-state index contributed by atoms with van der Waals surface area (Å²) in [7, 11) is 0. The number of carboxylic acid groups (broad SMARTS) is 1. The van der Waals surface area contributed by atoms with Gasteiger partial charge in [-0.15, -0.1) is 10.2 Å². The molecular weight excluding hydrogens is 495 g/mol. The highest BCUT2D eigenvalue weighted by atomic mass is 79.9. The van der Waals surface area contributed by atoms with Crippen LogP contribution in [0.25, 0.3) is 5.69 Å². The number of benzene rings is 2. The molecule has 3 aromatic rings. The van der Waals surface area contributed by atoms with E-state index in [4.69, 9.17) is 4.99 Å². The van der Waals surface area contributed by atoms with Gasteiger partial charge in [0.2, 0.25) is 0 Å². The number of aliphatic carboxylic acids is 1. The van der Waals surface area contributed by atoms with E-state index in [0.29, 0.717) is 23.0 Å². The number of hydrogen-bond acceptors (Lipinski definition) is 5. The first-order valence-corrected chi connectivity index (χ1v) is 12.2. The van der Waals surface area contributed by atoms with Gasteiger partial charge in [-0.3, -0.25) is 14.4 Å². The number of fused-ring (bicyclic) bond motifs is 3. The summed E-state index contributed by atoms with van der Waals surface area (Å²) in [5, 5.41) is 18.9. The number of carboxylic acids is 1. The van der Waals surface area contributed by atoms with Crippen LogP contribution in [0.5, 0.6) is 0 Å². The standard InChI is InChI=1S/C23H20BrFN4O2S/c24-14-7-9-19-16(11-14)21(15-3-1-2-4-17(15)25)26-18(8-10-20(30)31)22-27-28-23(29(19)22)32-12-13-5-6-13/h1-4,7,9,11,13,18H,5-6,8,10,12H2,(H,30,31)/t18-/m0/s1. The molecule has 1 saturated carbocycles. The monoisotopic (exact) mass is 514 g/mol. The van der Waals surface area contributed by atoms with Crippen molar-refractivity contribution in [3.05, 3.63) is 69.7 Å². The van der Waals surface area contributed by atoms with Gasteiger partial charge in [0, 0.05) is 27.8 Å². The molecule has 5 rings (SSSR count). The Kier molecular flexibility index (Phi) is 5.86. The average Bonchev–Trinajstić information content (AvgIpc) is 3.53. The first kappa shape index (κ1) is 21.3. The molecule has 2 aliphatic rings. The zero-order valence-electron chi connectivity index (χ0n) is 17.0. The SMILES string of the molecule is O=C(O)CC[C@@H]1N=C(c2ccccc2F)c2cc(Br)ccc2-n2c(SCC3CC3)nnc21. The summed E-state index contributed by atoms with van der Waals surface area (Å²) in [4.78, 5) is 16.2. The number of halogens is 2. The second-order valence-corrected chi connectivity index (χ2v) is 9.90. The second-order valence-electron chi connectivity index (χ2n) is 8.00. The third kappa shape index (κ3) is 4.23. The predicted octanol–water partition coefficient (Wildman–Crippen LogP) is 5.43. The van der Waals surface area contributed by atoms with Crippen LogP contribution in [0.2, 0.25) is 0 Å². The fourth-order valence-corrected chi connectivity index (χ4v) is 5.29. The Morgan fingerprint density at radius 2 is 2.00 bits per heavy atom. The summed E-state index contributed by atoms with van der Waals surface area (Å²) >= 11 is 5.19. The van der Waals surface area contributed by atoms with E-state index >= 15 is 0 Å². The van der Waals surface area contributed by atoms with Crippen molar-refractivity contribution in [3.63, 3.8) is 0 Å². The second kappa shape index (κ2) is 8.78. The molecule has 164 valence electrons. The molecule has 0 spiro atoms. The van der Waals surface area contributed by atoms with E-state index in [1.807, 2.05) is 22.8 Å². The maximum atomic E-state index is 14.9. The maximum absolute atomic E-state index is 14.9. The Hall–Kier alpha value is -2.52. The average molecular weight is 515 g/mol. The summed E-state index contributed by atoms with van der Waals surface area (Å²) in [6.45, 7) is 0. The Labute approximate surface area is 197 Å². The summed E-state index contributed by atoms with van der Waals surface area (Å²) in [6, 6.07) is 11.7. The van der Waals surface area contributed by atoms with Crippen molar-refractivity contribution in [1.82, 2.24) is 14.8 Å². The number of aromatic nitrogens is 3. The molecule has 0 bridgehead atoms. The van der Waals surface area contributed by atoms with Crippen molar-refractivity contribution in [2.24, 2.45) is 10.9 Å². The molecule has 1 fully saturated rings. The van der Waals surface area contributed by atoms with Gasteiger partial charge in [0.15, 0.2) is 11.0 Å². The molecular formula is C23H20BrFN4O2S. The number of carbonyl (C=O) groups is 1. The van der Waals surface area contributed by atoms with Crippen LogP contribution in [0, 0.1) is 11.7 Å². The van der Waals surface area contributed by atoms with Gasteiger partial charge in [0.05, 0.1) is 11.4 Å². The van der Waals surface area contributed by atoms with Crippen LogP contribution in [-0.2, 0) is 4.79 Å². The zero-order chi connectivity index (χ0) is 22.2. The van der Waals surface area contributed by atoms with Crippen LogP contribution in [0.1, 0.15) is 48.7 Å². The quantitative estimate of drug-likeness (QED) is 0.425. The Balaban J connectivity index is 1.70. The highest BCUT2D eigenvalue weighted by Crippen LogP contribution is 2.39. The molecule has 32 heavy (non-hydrogen) atoms. The number of hydrogen-bond donors (Lipinski definition) is 1. The lowest BCUT2D eigenvalue weighted by Crippen LogP contribution is -2.10. The van der Waals surface area contributed by atoms with Gasteiger partial charge in [0.1, 0.15) is 11.9 Å².